The number of aromatic nitrogens is 1. The van der Waals surface area contributed by atoms with Crippen molar-refractivity contribution in [3.63, 3.8) is 0 Å². The van der Waals surface area contributed by atoms with Crippen molar-refractivity contribution in [3.05, 3.63) is 53.2 Å². The number of carbonyl (C=O) groups excluding carboxylic acids is 1. The number of carbonyl (C=O) groups is 1. The predicted octanol–water partition coefficient (Wildman–Crippen LogP) is 4.60. The third-order valence-electron chi connectivity index (χ3n) is 4.44. The van der Waals surface area contributed by atoms with Gasteiger partial charge < -0.3 is 9.80 Å². The van der Waals surface area contributed by atoms with Crippen LogP contribution < -0.4 is 9.80 Å². The van der Waals surface area contributed by atoms with Gasteiger partial charge >= 0.3 is 0 Å². The third-order valence-corrected chi connectivity index (χ3v) is 4.44. The maximum atomic E-state index is 13.1. The highest BCUT2D eigenvalue weighted by Gasteiger charge is 2.22. The highest BCUT2D eigenvalue weighted by atomic mass is 16.2. The minimum absolute atomic E-state index is 0.0118. The van der Waals surface area contributed by atoms with Gasteiger partial charge in [-0.1, -0.05) is 12.1 Å². The van der Waals surface area contributed by atoms with E-state index in [1.165, 1.54) is 0 Å². The van der Waals surface area contributed by atoms with Crippen molar-refractivity contribution in [3.8, 4) is 0 Å². The molecule has 4 nitrogen and oxygen atoms in total. The molecule has 0 aliphatic heterocycles. The summed E-state index contributed by atoms with van der Waals surface area (Å²) < 4.78 is 0. The molecule has 0 fully saturated rings. The van der Waals surface area contributed by atoms with Crippen LogP contribution in [0.25, 0.3) is 0 Å². The van der Waals surface area contributed by atoms with E-state index in [1.807, 2.05) is 44.7 Å². The van der Waals surface area contributed by atoms with Gasteiger partial charge in [-0.2, -0.15) is 0 Å². The third kappa shape index (κ3) is 4.19. The number of pyridine rings is 1. The van der Waals surface area contributed by atoms with Crippen LogP contribution in [-0.2, 0) is 0 Å². The first-order valence-electron chi connectivity index (χ1n) is 9.00. The van der Waals surface area contributed by atoms with Gasteiger partial charge in [0.15, 0.2) is 0 Å². The Morgan fingerprint density at radius 1 is 1.08 bits per heavy atom. The molecule has 0 saturated carbocycles. The first-order chi connectivity index (χ1) is 11.9. The Bertz CT molecular complexity index is 718. The molecular weight excluding hydrogens is 310 g/mol. The van der Waals surface area contributed by atoms with Crippen LogP contribution in [0.15, 0.2) is 36.5 Å². The zero-order chi connectivity index (χ0) is 18.6. The van der Waals surface area contributed by atoms with Crippen LogP contribution in [0.5, 0.6) is 0 Å². The molecule has 1 heterocycles. The standard InChI is InChI=1S/C21H29N3O/c1-7-23(8-2)20-12-11-18(14-22-20)21(25)24(15(3)4)19-13-16(5)9-10-17(19)6/h9-15H,7-8H2,1-6H3. The van der Waals surface area contributed by atoms with E-state index < -0.39 is 0 Å². The molecule has 2 aromatic rings. The van der Waals surface area contributed by atoms with Gasteiger partial charge in [-0.25, -0.2) is 4.98 Å². The van der Waals surface area contributed by atoms with Gasteiger partial charge in [-0.05, 0) is 70.9 Å². The lowest BCUT2D eigenvalue weighted by molar-refractivity contribution is 0.0980. The second-order valence-corrected chi connectivity index (χ2v) is 6.64. The van der Waals surface area contributed by atoms with Gasteiger partial charge in [0.05, 0.1) is 5.56 Å². The summed E-state index contributed by atoms with van der Waals surface area (Å²) in [4.78, 5) is 21.7. The van der Waals surface area contributed by atoms with Crippen LogP contribution >= 0.6 is 0 Å². The largest absolute Gasteiger partial charge is 0.357 e. The fraction of sp³-hybridized carbons (Fsp3) is 0.429. The number of rotatable bonds is 6. The Hall–Kier alpha value is -2.36. The molecule has 0 radical (unpaired) electrons. The lowest BCUT2D eigenvalue weighted by Crippen LogP contribution is -2.37. The van der Waals surface area contributed by atoms with Crippen LogP contribution in [0, 0.1) is 13.8 Å². The Morgan fingerprint density at radius 3 is 2.28 bits per heavy atom. The molecule has 2 rings (SSSR count). The Morgan fingerprint density at radius 2 is 1.76 bits per heavy atom. The molecule has 1 aromatic heterocycles. The number of anilines is 2. The number of hydrogen-bond acceptors (Lipinski definition) is 3. The van der Waals surface area contributed by atoms with Crippen molar-refractivity contribution in [2.24, 2.45) is 0 Å². The van der Waals surface area contributed by atoms with Crippen molar-refractivity contribution < 1.29 is 4.79 Å². The van der Waals surface area contributed by atoms with E-state index in [4.69, 9.17) is 0 Å². The summed E-state index contributed by atoms with van der Waals surface area (Å²) in [5, 5.41) is 0. The molecule has 1 amide bonds. The second kappa shape index (κ2) is 8.15. The van der Waals surface area contributed by atoms with Crippen molar-refractivity contribution in [1.29, 1.82) is 0 Å². The zero-order valence-electron chi connectivity index (χ0n) is 16.2. The number of aryl methyl sites for hydroxylation is 2. The molecule has 0 saturated heterocycles. The summed E-state index contributed by atoms with van der Waals surface area (Å²) in [7, 11) is 0. The molecule has 1 aromatic carbocycles. The number of amides is 1. The van der Waals surface area contributed by atoms with E-state index in [-0.39, 0.29) is 11.9 Å². The Kier molecular flexibility index (Phi) is 6.18. The maximum Gasteiger partial charge on any atom is 0.260 e. The summed E-state index contributed by atoms with van der Waals surface area (Å²) in [5.74, 6) is 0.895. The summed E-state index contributed by atoms with van der Waals surface area (Å²) >= 11 is 0. The summed E-state index contributed by atoms with van der Waals surface area (Å²) in [5.41, 5.74) is 3.83. The van der Waals surface area contributed by atoms with Crippen molar-refractivity contribution in [2.45, 2.75) is 47.6 Å². The lowest BCUT2D eigenvalue weighted by atomic mass is 10.1. The maximum absolute atomic E-state index is 13.1. The monoisotopic (exact) mass is 339 g/mol. The fourth-order valence-corrected chi connectivity index (χ4v) is 2.99. The molecule has 134 valence electrons. The summed E-state index contributed by atoms with van der Waals surface area (Å²) in [6.07, 6.45) is 1.69. The van der Waals surface area contributed by atoms with E-state index in [2.05, 4.69) is 41.9 Å². The van der Waals surface area contributed by atoms with E-state index >= 15 is 0 Å². The van der Waals surface area contributed by atoms with Crippen LogP contribution in [-0.4, -0.2) is 30.0 Å². The number of benzene rings is 1. The molecule has 0 aliphatic carbocycles. The van der Waals surface area contributed by atoms with Crippen LogP contribution in [0.4, 0.5) is 11.5 Å². The zero-order valence-corrected chi connectivity index (χ0v) is 16.2. The molecule has 0 spiro atoms. The number of hydrogen-bond donors (Lipinski definition) is 0. The van der Waals surface area contributed by atoms with Gasteiger partial charge in [0.1, 0.15) is 5.82 Å². The Balaban J connectivity index is 2.36. The number of nitrogens with zero attached hydrogens (tertiary/aromatic N) is 3. The summed E-state index contributed by atoms with van der Waals surface area (Å²) in [6.45, 7) is 14.2. The molecule has 0 bridgehead atoms. The van der Waals surface area contributed by atoms with Crippen LogP contribution in [0.1, 0.15) is 49.2 Å². The first kappa shape index (κ1) is 19.0. The molecular formula is C21H29N3O. The normalized spacial score (nSPS) is 10.8. The first-order valence-corrected chi connectivity index (χ1v) is 9.00. The smallest absolute Gasteiger partial charge is 0.260 e. The van der Waals surface area contributed by atoms with Gasteiger partial charge in [-0.3, -0.25) is 4.79 Å². The van der Waals surface area contributed by atoms with Crippen molar-refractivity contribution in [1.82, 2.24) is 4.98 Å². The van der Waals surface area contributed by atoms with Crippen LogP contribution in [0.2, 0.25) is 0 Å². The van der Waals surface area contributed by atoms with Gasteiger partial charge in [0.25, 0.3) is 5.91 Å². The quantitative estimate of drug-likeness (QED) is 0.772. The van der Waals surface area contributed by atoms with Gasteiger partial charge in [0, 0.05) is 31.0 Å². The topological polar surface area (TPSA) is 36.4 Å². The molecule has 0 atom stereocenters. The van der Waals surface area contributed by atoms with E-state index in [0.717, 1.165) is 35.7 Å². The summed E-state index contributed by atoms with van der Waals surface area (Å²) in [6, 6.07) is 10.1. The SMILES string of the molecule is CCN(CC)c1ccc(C(=O)N(c2cc(C)ccc2C)C(C)C)cn1. The molecule has 0 N–H and O–H groups in total. The van der Waals surface area contributed by atoms with Crippen LogP contribution in [0.3, 0.4) is 0 Å². The predicted molar refractivity (Wildman–Crippen MR) is 106 cm³/mol. The molecule has 25 heavy (non-hydrogen) atoms. The van der Waals surface area contributed by atoms with E-state index in [9.17, 15) is 4.79 Å². The average molecular weight is 339 g/mol. The highest BCUT2D eigenvalue weighted by molar-refractivity contribution is 6.06. The Labute approximate surface area is 151 Å². The molecule has 0 aliphatic rings. The lowest BCUT2D eigenvalue weighted by Gasteiger charge is -2.29. The highest BCUT2D eigenvalue weighted by Crippen LogP contribution is 2.26. The van der Waals surface area contributed by atoms with Gasteiger partial charge in [0.2, 0.25) is 0 Å². The fourth-order valence-electron chi connectivity index (χ4n) is 2.99. The minimum atomic E-state index is -0.0118. The van der Waals surface area contributed by atoms with E-state index in [0.29, 0.717) is 5.56 Å². The van der Waals surface area contributed by atoms with Crippen molar-refractivity contribution in [2.75, 3.05) is 22.9 Å². The molecule has 4 heteroatoms. The average Bonchev–Trinajstić information content (AvgIpc) is 2.59. The van der Waals surface area contributed by atoms with E-state index in [1.54, 1.807) is 6.20 Å². The minimum Gasteiger partial charge on any atom is -0.357 e. The second-order valence-electron chi connectivity index (χ2n) is 6.64. The van der Waals surface area contributed by atoms with Crippen molar-refractivity contribution >= 4 is 17.4 Å². The van der Waals surface area contributed by atoms with Gasteiger partial charge in [-0.15, -0.1) is 0 Å². The molecule has 0 unspecified atom stereocenters.